The van der Waals surface area contributed by atoms with Crippen molar-refractivity contribution in [2.24, 2.45) is 17.8 Å². The Hall–Kier alpha value is -0.120. The largest absolute Gasteiger partial charge is 0.393 e. The average molecular weight is 271 g/mol. The highest BCUT2D eigenvalue weighted by molar-refractivity contribution is 4.85. The summed E-state index contributed by atoms with van der Waals surface area (Å²) < 4.78 is 5.22. The minimum atomic E-state index is -0.132. The first-order valence-corrected chi connectivity index (χ1v) is 7.90. The van der Waals surface area contributed by atoms with Gasteiger partial charge in [-0.15, -0.1) is 0 Å². The first kappa shape index (κ1) is 16.9. The average Bonchev–Trinajstić information content (AvgIpc) is 2.36. The molecule has 0 amide bonds. The first-order chi connectivity index (χ1) is 8.99. The maximum absolute atomic E-state index is 10.4. The molecule has 5 atom stereocenters. The number of ether oxygens (including phenoxy) is 1. The van der Waals surface area contributed by atoms with Crippen molar-refractivity contribution >= 4 is 0 Å². The van der Waals surface area contributed by atoms with Gasteiger partial charge in [0.25, 0.3) is 0 Å². The summed E-state index contributed by atoms with van der Waals surface area (Å²) in [7, 11) is 1.76. The fourth-order valence-corrected chi connectivity index (χ4v) is 3.40. The van der Waals surface area contributed by atoms with Crippen molar-refractivity contribution in [3.05, 3.63) is 0 Å². The summed E-state index contributed by atoms with van der Waals surface area (Å²) in [5, 5.41) is 10.4. The molecule has 1 fully saturated rings. The second kappa shape index (κ2) is 8.23. The standard InChI is InChI=1S/C16H33NO2/c1-6-14(4)17(7-8-19-5)11-15-13(3)9-12(2)10-16(15)18/h12-16,18H,6-11H2,1-5H3. The van der Waals surface area contributed by atoms with Gasteiger partial charge in [-0.05, 0) is 38.0 Å². The maximum Gasteiger partial charge on any atom is 0.0589 e. The van der Waals surface area contributed by atoms with Crippen LogP contribution in [0, 0.1) is 17.8 Å². The molecule has 1 saturated carbocycles. The molecule has 1 aliphatic carbocycles. The van der Waals surface area contributed by atoms with Crippen molar-refractivity contribution in [1.29, 1.82) is 0 Å². The molecule has 1 rings (SSSR count). The van der Waals surface area contributed by atoms with Crippen LogP contribution in [0.1, 0.15) is 47.0 Å². The number of hydrogen-bond acceptors (Lipinski definition) is 3. The van der Waals surface area contributed by atoms with Gasteiger partial charge in [-0.2, -0.15) is 0 Å². The predicted molar refractivity (Wildman–Crippen MR) is 80.3 cm³/mol. The van der Waals surface area contributed by atoms with Crippen molar-refractivity contribution in [1.82, 2.24) is 4.90 Å². The third kappa shape index (κ3) is 5.05. The minimum absolute atomic E-state index is 0.132. The van der Waals surface area contributed by atoms with E-state index in [0.717, 1.165) is 32.5 Å². The number of aliphatic hydroxyl groups excluding tert-OH is 1. The van der Waals surface area contributed by atoms with E-state index >= 15 is 0 Å². The van der Waals surface area contributed by atoms with Crippen LogP contribution >= 0.6 is 0 Å². The van der Waals surface area contributed by atoms with Gasteiger partial charge in [0.15, 0.2) is 0 Å². The monoisotopic (exact) mass is 271 g/mol. The molecular formula is C16H33NO2. The van der Waals surface area contributed by atoms with Crippen LogP contribution in [0.2, 0.25) is 0 Å². The number of rotatable bonds is 7. The summed E-state index contributed by atoms with van der Waals surface area (Å²) >= 11 is 0. The molecule has 1 aliphatic rings. The molecule has 114 valence electrons. The summed E-state index contributed by atoms with van der Waals surface area (Å²) in [6, 6.07) is 0.564. The maximum atomic E-state index is 10.4. The summed E-state index contributed by atoms with van der Waals surface area (Å²) in [6.07, 6.45) is 3.23. The Balaban J connectivity index is 2.60. The summed E-state index contributed by atoms with van der Waals surface area (Å²) in [4.78, 5) is 2.49. The number of hydrogen-bond donors (Lipinski definition) is 1. The van der Waals surface area contributed by atoms with Gasteiger partial charge in [0.1, 0.15) is 0 Å². The quantitative estimate of drug-likeness (QED) is 0.773. The second-order valence-corrected chi connectivity index (χ2v) is 6.53. The second-order valence-electron chi connectivity index (χ2n) is 6.53. The van der Waals surface area contributed by atoms with Crippen molar-refractivity contribution < 1.29 is 9.84 Å². The molecule has 1 N–H and O–H groups in total. The van der Waals surface area contributed by atoms with E-state index in [1.165, 1.54) is 6.42 Å². The van der Waals surface area contributed by atoms with E-state index in [-0.39, 0.29) is 6.10 Å². The molecule has 19 heavy (non-hydrogen) atoms. The fourth-order valence-electron chi connectivity index (χ4n) is 3.40. The molecule has 0 aromatic rings. The Kier molecular flexibility index (Phi) is 7.33. The Morgan fingerprint density at radius 2 is 2.00 bits per heavy atom. The lowest BCUT2D eigenvalue weighted by atomic mass is 9.73. The third-order valence-electron chi connectivity index (χ3n) is 4.89. The van der Waals surface area contributed by atoms with Crippen LogP contribution < -0.4 is 0 Å². The molecular weight excluding hydrogens is 238 g/mol. The van der Waals surface area contributed by atoms with Crippen LogP contribution in [0.5, 0.6) is 0 Å². The van der Waals surface area contributed by atoms with E-state index in [2.05, 4.69) is 32.6 Å². The van der Waals surface area contributed by atoms with Gasteiger partial charge in [-0.25, -0.2) is 0 Å². The molecule has 3 heteroatoms. The molecule has 0 bridgehead atoms. The lowest BCUT2D eigenvalue weighted by Crippen LogP contribution is -2.46. The van der Waals surface area contributed by atoms with Gasteiger partial charge in [0.05, 0.1) is 12.7 Å². The van der Waals surface area contributed by atoms with Gasteiger partial charge >= 0.3 is 0 Å². The van der Waals surface area contributed by atoms with E-state index in [1.807, 2.05) is 0 Å². The smallest absolute Gasteiger partial charge is 0.0589 e. The number of aliphatic hydroxyl groups is 1. The van der Waals surface area contributed by atoms with Crippen molar-refractivity contribution in [3.63, 3.8) is 0 Å². The molecule has 5 unspecified atom stereocenters. The molecule has 0 radical (unpaired) electrons. The van der Waals surface area contributed by atoms with Crippen LogP contribution in [-0.2, 0) is 4.74 Å². The van der Waals surface area contributed by atoms with Crippen molar-refractivity contribution in [2.45, 2.75) is 59.1 Å². The Morgan fingerprint density at radius 1 is 1.32 bits per heavy atom. The van der Waals surface area contributed by atoms with Crippen LogP contribution in [0.25, 0.3) is 0 Å². The zero-order valence-corrected chi connectivity index (χ0v) is 13.4. The van der Waals surface area contributed by atoms with Crippen LogP contribution in [0.4, 0.5) is 0 Å². The van der Waals surface area contributed by atoms with E-state index in [9.17, 15) is 5.11 Å². The lowest BCUT2D eigenvalue weighted by Gasteiger charge is -2.41. The fraction of sp³-hybridized carbons (Fsp3) is 1.00. The topological polar surface area (TPSA) is 32.7 Å². The first-order valence-electron chi connectivity index (χ1n) is 7.90. The van der Waals surface area contributed by atoms with Gasteiger partial charge < -0.3 is 9.84 Å². The van der Waals surface area contributed by atoms with E-state index < -0.39 is 0 Å². The molecule has 0 aromatic heterocycles. The SMILES string of the molecule is CCC(C)N(CCOC)CC1C(C)CC(C)CC1O. The molecule has 0 heterocycles. The zero-order chi connectivity index (χ0) is 14.4. The minimum Gasteiger partial charge on any atom is -0.393 e. The zero-order valence-electron chi connectivity index (χ0n) is 13.4. The van der Waals surface area contributed by atoms with Crippen LogP contribution in [0.3, 0.4) is 0 Å². The summed E-state index contributed by atoms with van der Waals surface area (Å²) in [5.74, 6) is 1.70. The molecule has 3 nitrogen and oxygen atoms in total. The Labute approximate surface area is 119 Å². The predicted octanol–water partition coefficient (Wildman–Crippen LogP) is 2.78. The molecule has 0 spiro atoms. The summed E-state index contributed by atoms with van der Waals surface area (Å²) in [5.41, 5.74) is 0. The van der Waals surface area contributed by atoms with E-state index in [1.54, 1.807) is 7.11 Å². The van der Waals surface area contributed by atoms with E-state index in [0.29, 0.717) is 23.8 Å². The van der Waals surface area contributed by atoms with Crippen LogP contribution in [0.15, 0.2) is 0 Å². The van der Waals surface area contributed by atoms with Crippen molar-refractivity contribution in [3.8, 4) is 0 Å². The van der Waals surface area contributed by atoms with Gasteiger partial charge in [-0.3, -0.25) is 4.90 Å². The molecule has 0 aromatic carbocycles. The van der Waals surface area contributed by atoms with Gasteiger partial charge in [0.2, 0.25) is 0 Å². The highest BCUT2D eigenvalue weighted by Crippen LogP contribution is 2.34. The van der Waals surface area contributed by atoms with Crippen LogP contribution in [-0.4, -0.2) is 49.0 Å². The highest BCUT2D eigenvalue weighted by atomic mass is 16.5. The van der Waals surface area contributed by atoms with E-state index in [4.69, 9.17) is 4.74 Å². The van der Waals surface area contributed by atoms with Crippen molar-refractivity contribution in [2.75, 3.05) is 26.8 Å². The molecule has 0 saturated heterocycles. The van der Waals surface area contributed by atoms with Gasteiger partial charge in [0, 0.05) is 32.2 Å². The summed E-state index contributed by atoms with van der Waals surface area (Å²) in [6.45, 7) is 11.8. The van der Waals surface area contributed by atoms with Gasteiger partial charge in [-0.1, -0.05) is 20.8 Å². The normalized spacial score (nSPS) is 33.6. The number of nitrogens with zero attached hydrogens (tertiary/aromatic N) is 1. The molecule has 0 aliphatic heterocycles. The highest BCUT2D eigenvalue weighted by Gasteiger charge is 2.34. The number of methoxy groups -OCH3 is 1. The lowest BCUT2D eigenvalue weighted by molar-refractivity contribution is -0.0122. The Bertz CT molecular complexity index is 235. The third-order valence-corrected chi connectivity index (χ3v) is 4.89. The Morgan fingerprint density at radius 3 is 2.53 bits per heavy atom.